The van der Waals surface area contributed by atoms with Crippen LogP contribution in [0.3, 0.4) is 0 Å². The zero-order valence-electron chi connectivity index (χ0n) is 26.9. The van der Waals surface area contributed by atoms with E-state index in [0.29, 0.717) is 64.4 Å². The first-order valence-electron chi connectivity index (χ1n) is 16.3. The molecule has 6 nitrogen and oxygen atoms in total. The van der Waals surface area contributed by atoms with Gasteiger partial charge in [-0.25, -0.2) is 0 Å². The molecule has 8 heteroatoms. The minimum absolute atomic E-state index is 0.0293. The lowest BCUT2D eigenvalue weighted by molar-refractivity contribution is -0.116. The number of para-hydroxylation sites is 2. The van der Waals surface area contributed by atoms with Crippen molar-refractivity contribution < 1.29 is 19.1 Å². The number of allylic oxidation sites excluding steroid dienone is 1. The fourth-order valence-corrected chi connectivity index (χ4v) is 6.90. The number of ketones is 1. The molecule has 0 saturated heterocycles. The highest BCUT2D eigenvalue weighted by atomic mass is 35.5. The summed E-state index contributed by atoms with van der Waals surface area (Å²) in [5.74, 6) is 0.778. The Labute approximate surface area is 295 Å². The Kier molecular flexibility index (Phi) is 9.43. The van der Waals surface area contributed by atoms with Crippen LogP contribution in [0.2, 0.25) is 10.0 Å². The number of halogens is 2. The molecule has 5 aromatic rings. The number of carbonyl (C=O) groups is 2. The molecule has 0 spiro atoms. The highest BCUT2D eigenvalue weighted by molar-refractivity contribution is 6.30. The van der Waals surface area contributed by atoms with Crippen molar-refractivity contribution in [2.45, 2.75) is 38.3 Å². The topological polar surface area (TPSA) is 67.9 Å². The number of ether oxygens (including phenoxy) is 2. The molecule has 0 aromatic heterocycles. The van der Waals surface area contributed by atoms with E-state index in [-0.39, 0.29) is 17.6 Å². The lowest BCUT2D eigenvalue weighted by Crippen LogP contribution is -2.38. The summed E-state index contributed by atoms with van der Waals surface area (Å²) in [5, 5.41) is 4.91. The Morgan fingerprint density at radius 3 is 2.18 bits per heavy atom. The molecule has 5 aromatic carbocycles. The molecule has 0 saturated carbocycles. The van der Waals surface area contributed by atoms with E-state index in [1.165, 1.54) is 0 Å². The first kappa shape index (κ1) is 32.5. The molecule has 0 bridgehead atoms. The zero-order chi connectivity index (χ0) is 33.9. The maximum Gasteiger partial charge on any atom is 0.259 e. The average molecular weight is 690 g/mol. The molecule has 1 aliphatic heterocycles. The van der Waals surface area contributed by atoms with E-state index in [4.69, 9.17) is 32.7 Å². The number of anilines is 2. The van der Waals surface area contributed by atoms with Crippen LogP contribution in [-0.2, 0) is 11.4 Å². The van der Waals surface area contributed by atoms with E-state index in [1.807, 2.05) is 116 Å². The smallest absolute Gasteiger partial charge is 0.259 e. The van der Waals surface area contributed by atoms with E-state index >= 15 is 0 Å². The molecule has 246 valence electrons. The molecule has 2 aliphatic rings. The average Bonchev–Trinajstić information content (AvgIpc) is 3.27. The monoisotopic (exact) mass is 688 g/mol. The van der Waals surface area contributed by atoms with Crippen molar-refractivity contribution in [1.29, 1.82) is 0 Å². The number of amides is 1. The lowest BCUT2D eigenvalue weighted by atomic mass is 9.78. The normalized spacial score (nSPS) is 17.0. The van der Waals surface area contributed by atoms with Gasteiger partial charge in [-0.15, -0.1) is 0 Å². The number of benzene rings is 5. The summed E-state index contributed by atoms with van der Waals surface area (Å²) in [5.41, 5.74) is 6.02. The third-order valence-corrected chi connectivity index (χ3v) is 9.46. The molecule has 0 radical (unpaired) electrons. The van der Waals surface area contributed by atoms with Crippen LogP contribution < -0.4 is 19.7 Å². The van der Waals surface area contributed by atoms with Crippen LogP contribution in [0.1, 0.15) is 58.8 Å². The third-order valence-electron chi connectivity index (χ3n) is 8.96. The maximum absolute atomic E-state index is 14.6. The summed E-state index contributed by atoms with van der Waals surface area (Å²) in [6.45, 7) is 2.63. The summed E-state index contributed by atoms with van der Waals surface area (Å²) in [6, 6.07) is 37.0. The quantitative estimate of drug-likeness (QED) is 0.176. The Morgan fingerprint density at radius 2 is 1.45 bits per heavy atom. The van der Waals surface area contributed by atoms with Gasteiger partial charge in [-0.2, -0.15) is 0 Å². The van der Waals surface area contributed by atoms with Crippen LogP contribution in [0.5, 0.6) is 11.5 Å². The van der Waals surface area contributed by atoms with Gasteiger partial charge < -0.3 is 14.8 Å². The minimum atomic E-state index is -0.748. The van der Waals surface area contributed by atoms with Crippen LogP contribution in [0, 0.1) is 0 Å². The van der Waals surface area contributed by atoms with E-state index in [0.717, 1.165) is 28.1 Å². The number of rotatable bonds is 8. The Morgan fingerprint density at radius 1 is 0.776 bits per heavy atom. The second kappa shape index (κ2) is 14.2. The van der Waals surface area contributed by atoms with E-state index in [2.05, 4.69) is 5.32 Å². The molecule has 1 heterocycles. The number of fused-ring (bicyclic) bond motifs is 1. The van der Waals surface area contributed by atoms with Gasteiger partial charge in [0.25, 0.3) is 5.91 Å². The van der Waals surface area contributed by atoms with Crippen LogP contribution in [0.25, 0.3) is 0 Å². The number of carbonyl (C=O) groups excluding carboxylic acids is 2. The fraction of sp³-hybridized carbons (Fsp3) is 0.171. The first-order chi connectivity index (χ1) is 23.9. The summed E-state index contributed by atoms with van der Waals surface area (Å²) in [6.07, 6.45) is 0.879. The first-order valence-corrected chi connectivity index (χ1v) is 17.1. The number of nitrogens with zero attached hydrogens (tertiary/aromatic N) is 1. The zero-order valence-corrected chi connectivity index (χ0v) is 28.4. The van der Waals surface area contributed by atoms with Crippen molar-refractivity contribution >= 4 is 46.3 Å². The molecule has 0 unspecified atom stereocenters. The van der Waals surface area contributed by atoms with Gasteiger partial charge in [-0.05, 0) is 96.6 Å². The lowest BCUT2D eigenvalue weighted by Gasteiger charge is -2.35. The highest BCUT2D eigenvalue weighted by Crippen LogP contribution is 2.49. The van der Waals surface area contributed by atoms with Crippen molar-refractivity contribution in [3.8, 4) is 11.5 Å². The molecule has 49 heavy (non-hydrogen) atoms. The third kappa shape index (κ3) is 6.80. The molecule has 1 aliphatic carbocycles. The largest absolute Gasteiger partial charge is 0.490 e. The molecule has 0 fully saturated rings. The van der Waals surface area contributed by atoms with Gasteiger partial charge in [0.1, 0.15) is 6.61 Å². The van der Waals surface area contributed by atoms with Crippen molar-refractivity contribution in [3.63, 3.8) is 0 Å². The molecule has 1 amide bonds. The molecular formula is C41H34Cl2N2O4. The summed E-state index contributed by atoms with van der Waals surface area (Å²) in [4.78, 5) is 30.9. The van der Waals surface area contributed by atoms with Gasteiger partial charge in [0.2, 0.25) is 0 Å². The van der Waals surface area contributed by atoms with Crippen LogP contribution in [-0.4, -0.2) is 18.3 Å². The summed E-state index contributed by atoms with van der Waals surface area (Å²) >= 11 is 12.3. The highest BCUT2D eigenvalue weighted by Gasteiger charge is 2.42. The fourth-order valence-electron chi connectivity index (χ4n) is 6.64. The number of nitrogens with one attached hydrogen (secondary N) is 1. The summed E-state index contributed by atoms with van der Waals surface area (Å²) in [7, 11) is 0. The van der Waals surface area contributed by atoms with E-state index in [9.17, 15) is 9.59 Å². The Hall–Kier alpha value is -5.04. The second-order valence-corrected chi connectivity index (χ2v) is 13.0. The van der Waals surface area contributed by atoms with Crippen molar-refractivity contribution in [2.24, 2.45) is 0 Å². The molecule has 7 rings (SSSR count). The van der Waals surface area contributed by atoms with Crippen LogP contribution in [0.15, 0.2) is 133 Å². The van der Waals surface area contributed by atoms with Gasteiger partial charge in [0.15, 0.2) is 17.3 Å². The Bertz CT molecular complexity index is 2030. The maximum atomic E-state index is 14.6. The van der Waals surface area contributed by atoms with E-state index in [1.54, 1.807) is 17.0 Å². The van der Waals surface area contributed by atoms with Crippen LogP contribution >= 0.6 is 23.2 Å². The van der Waals surface area contributed by atoms with E-state index < -0.39 is 6.04 Å². The number of Topliss-reactive ketones (excluding diaryl/α,β-unsaturated/α-hetero) is 1. The van der Waals surface area contributed by atoms with Gasteiger partial charge in [-0.3, -0.25) is 14.5 Å². The molecule has 2 atom stereocenters. The number of hydrogen-bond acceptors (Lipinski definition) is 5. The number of hydrogen-bond donors (Lipinski definition) is 1. The predicted molar refractivity (Wildman–Crippen MR) is 195 cm³/mol. The van der Waals surface area contributed by atoms with Gasteiger partial charge >= 0.3 is 0 Å². The van der Waals surface area contributed by atoms with Crippen molar-refractivity contribution in [3.05, 3.63) is 165 Å². The van der Waals surface area contributed by atoms with Crippen molar-refractivity contribution in [1.82, 2.24) is 0 Å². The van der Waals surface area contributed by atoms with Crippen molar-refractivity contribution in [2.75, 3.05) is 16.8 Å². The van der Waals surface area contributed by atoms with Gasteiger partial charge in [0, 0.05) is 33.3 Å². The van der Waals surface area contributed by atoms with Crippen LogP contribution in [0.4, 0.5) is 11.4 Å². The van der Waals surface area contributed by atoms with Gasteiger partial charge in [-0.1, -0.05) is 83.9 Å². The minimum Gasteiger partial charge on any atom is -0.490 e. The van der Waals surface area contributed by atoms with Gasteiger partial charge in [0.05, 0.1) is 24.0 Å². The standard InChI is InChI=1S/C41H34Cl2N2O4/c1-2-48-38-24-29(16-21-37(38)49-25-26-12-17-31(42)18-13-26)40-39-34(22-30(23-36(39)46)27-14-19-32(43)20-15-27)44-33-10-6-7-11-35(33)45(40)41(47)28-8-4-3-5-9-28/h3-21,24,30,40,44H,2,22-23,25H2,1H3/t30-,40+/m0/s1. The predicted octanol–water partition coefficient (Wildman–Crippen LogP) is 10.2. The Balaban J connectivity index is 1.37. The second-order valence-electron chi connectivity index (χ2n) is 12.1. The summed E-state index contributed by atoms with van der Waals surface area (Å²) < 4.78 is 12.4. The molecular weight excluding hydrogens is 655 g/mol. The molecule has 1 N–H and O–H groups in total. The SMILES string of the molecule is CCOc1cc([C@@H]2C3=C(C[C@H](c4ccc(Cl)cc4)CC3=O)Nc3ccccc3N2C(=O)c2ccccc2)ccc1OCc1ccc(Cl)cc1.